The standard InChI is InChI=1S/C12H12N4O3S/c1-19-10(17)7-4-5-13-9(6-7)20-12-15-14-11(18)16(12)8-2-3-8/h4-6,8H,2-3H2,1H3,(H,14,18). The second-order valence-electron chi connectivity index (χ2n) is 4.39. The average molecular weight is 292 g/mol. The zero-order valence-corrected chi connectivity index (χ0v) is 11.5. The van der Waals surface area contributed by atoms with Gasteiger partial charge in [0.25, 0.3) is 0 Å². The van der Waals surface area contributed by atoms with Crippen molar-refractivity contribution < 1.29 is 9.53 Å². The van der Waals surface area contributed by atoms with Crippen LogP contribution in [0.5, 0.6) is 0 Å². The molecule has 1 aliphatic carbocycles. The summed E-state index contributed by atoms with van der Waals surface area (Å²) >= 11 is 1.25. The molecule has 2 aromatic rings. The molecule has 0 bridgehead atoms. The van der Waals surface area contributed by atoms with Gasteiger partial charge in [0.2, 0.25) is 0 Å². The molecule has 7 nitrogen and oxygen atoms in total. The third-order valence-electron chi connectivity index (χ3n) is 2.94. The molecule has 1 N–H and O–H groups in total. The van der Waals surface area contributed by atoms with Crippen LogP contribution in [0.15, 0.2) is 33.3 Å². The first kappa shape index (κ1) is 12.9. The van der Waals surface area contributed by atoms with Crippen molar-refractivity contribution in [2.75, 3.05) is 7.11 Å². The van der Waals surface area contributed by atoms with Crippen LogP contribution in [-0.4, -0.2) is 32.8 Å². The van der Waals surface area contributed by atoms with Gasteiger partial charge in [-0.25, -0.2) is 19.7 Å². The Morgan fingerprint density at radius 3 is 3.05 bits per heavy atom. The predicted octanol–water partition coefficient (Wildman–Crippen LogP) is 1.24. The number of rotatable bonds is 4. The van der Waals surface area contributed by atoms with Crippen LogP contribution in [-0.2, 0) is 4.74 Å². The lowest BCUT2D eigenvalue weighted by Gasteiger charge is -2.04. The van der Waals surface area contributed by atoms with Crippen molar-refractivity contribution in [3.8, 4) is 0 Å². The van der Waals surface area contributed by atoms with Crippen LogP contribution in [0, 0.1) is 0 Å². The number of methoxy groups -OCH3 is 1. The maximum absolute atomic E-state index is 11.7. The molecule has 0 aliphatic heterocycles. The number of carbonyl (C=O) groups excluding carboxylic acids is 1. The Balaban J connectivity index is 1.88. The molecule has 0 unspecified atom stereocenters. The van der Waals surface area contributed by atoms with Gasteiger partial charge in [0.1, 0.15) is 5.03 Å². The van der Waals surface area contributed by atoms with Gasteiger partial charge in [-0.3, -0.25) is 4.57 Å². The van der Waals surface area contributed by atoms with E-state index in [0.29, 0.717) is 15.7 Å². The highest BCUT2D eigenvalue weighted by Crippen LogP contribution is 2.37. The molecule has 1 fully saturated rings. The second-order valence-corrected chi connectivity index (χ2v) is 5.38. The Bertz CT molecular complexity index is 705. The number of hydrogen-bond acceptors (Lipinski definition) is 6. The van der Waals surface area contributed by atoms with Crippen LogP contribution in [0.3, 0.4) is 0 Å². The Hall–Kier alpha value is -2.09. The first-order valence-corrected chi connectivity index (χ1v) is 6.90. The van der Waals surface area contributed by atoms with E-state index in [0.717, 1.165) is 12.8 Å². The minimum absolute atomic E-state index is 0.209. The second kappa shape index (κ2) is 5.12. The maximum Gasteiger partial charge on any atom is 0.344 e. The third kappa shape index (κ3) is 2.46. The van der Waals surface area contributed by atoms with Crippen molar-refractivity contribution in [3.63, 3.8) is 0 Å². The van der Waals surface area contributed by atoms with Gasteiger partial charge < -0.3 is 4.74 Å². The van der Waals surface area contributed by atoms with Crippen LogP contribution in [0.25, 0.3) is 0 Å². The molecule has 20 heavy (non-hydrogen) atoms. The zero-order valence-electron chi connectivity index (χ0n) is 10.7. The maximum atomic E-state index is 11.7. The van der Waals surface area contributed by atoms with Crippen molar-refractivity contribution in [3.05, 3.63) is 34.4 Å². The summed E-state index contributed by atoms with van der Waals surface area (Å²) in [4.78, 5) is 27.3. The van der Waals surface area contributed by atoms with Crippen LogP contribution in [0.1, 0.15) is 29.2 Å². The van der Waals surface area contributed by atoms with E-state index in [2.05, 4.69) is 19.9 Å². The van der Waals surface area contributed by atoms with E-state index in [1.165, 1.54) is 25.1 Å². The summed E-state index contributed by atoms with van der Waals surface area (Å²) in [7, 11) is 1.33. The minimum Gasteiger partial charge on any atom is -0.465 e. The summed E-state index contributed by atoms with van der Waals surface area (Å²) in [5.41, 5.74) is 0.208. The van der Waals surface area contributed by atoms with Crippen molar-refractivity contribution in [2.45, 2.75) is 29.1 Å². The predicted molar refractivity (Wildman–Crippen MR) is 70.8 cm³/mol. The van der Waals surface area contributed by atoms with E-state index in [9.17, 15) is 9.59 Å². The molecule has 0 aromatic carbocycles. The highest BCUT2D eigenvalue weighted by atomic mass is 32.2. The summed E-state index contributed by atoms with van der Waals surface area (Å²) in [5, 5.41) is 7.60. The number of hydrogen-bond donors (Lipinski definition) is 1. The minimum atomic E-state index is -0.420. The van der Waals surface area contributed by atoms with Crippen molar-refractivity contribution in [1.82, 2.24) is 19.7 Å². The quantitative estimate of drug-likeness (QED) is 0.853. The first-order valence-electron chi connectivity index (χ1n) is 6.08. The summed E-state index contributed by atoms with van der Waals surface area (Å²) in [5.74, 6) is -0.420. The summed E-state index contributed by atoms with van der Waals surface area (Å²) < 4.78 is 6.30. The van der Waals surface area contributed by atoms with Crippen LogP contribution < -0.4 is 5.69 Å². The average Bonchev–Trinajstić information content (AvgIpc) is 3.23. The number of aromatic amines is 1. The van der Waals surface area contributed by atoms with E-state index in [1.807, 2.05) is 0 Å². The van der Waals surface area contributed by atoms with Gasteiger partial charge in [-0.05, 0) is 36.7 Å². The Morgan fingerprint density at radius 1 is 1.55 bits per heavy atom. The number of carbonyl (C=O) groups is 1. The first-order chi connectivity index (χ1) is 9.69. The highest BCUT2D eigenvalue weighted by molar-refractivity contribution is 7.99. The molecular formula is C12H12N4O3S. The van der Waals surface area contributed by atoms with Crippen LogP contribution in [0.4, 0.5) is 0 Å². The van der Waals surface area contributed by atoms with Gasteiger partial charge in [0.15, 0.2) is 5.16 Å². The number of ether oxygens (including phenoxy) is 1. The Labute approximate surface area is 118 Å². The van der Waals surface area contributed by atoms with Gasteiger partial charge in [-0.1, -0.05) is 0 Å². The summed E-state index contributed by atoms with van der Waals surface area (Å²) in [6, 6.07) is 3.42. The molecule has 8 heteroatoms. The van der Waals surface area contributed by atoms with Crippen molar-refractivity contribution >= 4 is 17.7 Å². The van der Waals surface area contributed by atoms with Gasteiger partial charge in [-0.15, -0.1) is 5.10 Å². The van der Waals surface area contributed by atoms with Gasteiger partial charge in [-0.2, -0.15) is 0 Å². The largest absolute Gasteiger partial charge is 0.465 e. The molecule has 104 valence electrons. The molecular weight excluding hydrogens is 280 g/mol. The SMILES string of the molecule is COC(=O)c1ccnc(Sc2n[nH]c(=O)n2C2CC2)c1. The molecule has 1 saturated carbocycles. The molecule has 3 rings (SSSR count). The van der Waals surface area contributed by atoms with Crippen molar-refractivity contribution in [1.29, 1.82) is 0 Å². The lowest BCUT2D eigenvalue weighted by Crippen LogP contribution is -2.16. The van der Waals surface area contributed by atoms with Crippen molar-refractivity contribution in [2.24, 2.45) is 0 Å². The molecule has 0 spiro atoms. The molecule has 0 amide bonds. The fraction of sp³-hybridized carbons (Fsp3) is 0.333. The smallest absolute Gasteiger partial charge is 0.344 e. The highest BCUT2D eigenvalue weighted by Gasteiger charge is 2.28. The number of aromatic nitrogens is 4. The fourth-order valence-electron chi connectivity index (χ4n) is 1.82. The van der Waals surface area contributed by atoms with Gasteiger partial charge in [0.05, 0.1) is 12.7 Å². The molecule has 0 radical (unpaired) electrons. The van der Waals surface area contributed by atoms with E-state index in [-0.39, 0.29) is 11.7 Å². The molecule has 0 atom stereocenters. The lowest BCUT2D eigenvalue weighted by molar-refractivity contribution is 0.0600. The number of nitrogens with one attached hydrogen (secondary N) is 1. The van der Waals surface area contributed by atoms with Crippen LogP contribution >= 0.6 is 11.8 Å². The van der Waals surface area contributed by atoms with Gasteiger partial charge in [0, 0.05) is 12.2 Å². The number of pyridine rings is 1. The normalized spacial score (nSPS) is 14.2. The van der Waals surface area contributed by atoms with E-state index in [4.69, 9.17) is 0 Å². The summed E-state index contributed by atoms with van der Waals surface area (Å²) in [6.45, 7) is 0. The molecule has 2 aromatic heterocycles. The summed E-state index contributed by atoms with van der Waals surface area (Å²) in [6.07, 6.45) is 3.51. The number of H-pyrrole nitrogens is 1. The van der Waals surface area contributed by atoms with E-state index < -0.39 is 5.97 Å². The van der Waals surface area contributed by atoms with E-state index in [1.54, 1.807) is 16.7 Å². The number of esters is 1. The topological polar surface area (TPSA) is 89.9 Å². The van der Waals surface area contributed by atoms with Gasteiger partial charge >= 0.3 is 11.7 Å². The monoisotopic (exact) mass is 292 g/mol. The zero-order chi connectivity index (χ0) is 14.1. The molecule has 2 heterocycles. The number of nitrogens with zero attached hydrogens (tertiary/aromatic N) is 3. The lowest BCUT2D eigenvalue weighted by atomic mass is 10.3. The third-order valence-corrected chi connectivity index (χ3v) is 3.84. The Morgan fingerprint density at radius 2 is 2.35 bits per heavy atom. The Kier molecular flexibility index (Phi) is 3.31. The fourth-order valence-corrected chi connectivity index (χ4v) is 2.73. The van der Waals surface area contributed by atoms with E-state index >= 15 is 0 Å². The van der Waals surface area contributed by atoms with Crippen LogP contribution in [0.2, 0.25) is 0 Å². The molecule has 1 aliphatic rings. The molecule has 0 saturated heterocycles.